The Kier molecular flexibility index (Phi) is 4.63. The van der Waals surface area contributed by atoms with Crippen LogP contribution in [0.15, 0.2) is 54.9 Å². The lowest BCUT2D eigenvalue weighted by Crippen LogP contribution is -2.26. The fraction of sp³-hybridized carbons (Fsp3) is 0.105. The normalized spacial score (nSPS) is 11.1. The second-order valence-corrected chi connectivity index (χ2v) is 7.43. The Labute approximate surface area is 163 Å². The number of hydrogen-bond donors (Lipinski definition) is 0. The number of carbonyl (C=O) groups is 1. The van der Waals surface area contributed by atoms with E-state index in [-0.39, 0.29) is 17.5 Å². The highest BCUT2D eigenvalue weighted by Crippen LogP contribution is 2.24. The number of halogens is 2. The van der Waals surface area contributed by atoms with Crippen LogP contribution in [-0.4, -0.2) is 32.6 Å². The molecule has 136 valence electrons. The van der Waals surface area contributed by atoms with Gasteiger partial charge >= 0.3 is 0 Å². The highest BCUT2D eigenvalue weighted by molar-refractivity contribution is 7.20. The van der Waals surface area contributed by atoms with Gasteiger partial charge in [-0.2, -0.15) is 5.10 Å². The number of para-hydroxylation sites is 1. The summed E-state index contributed by atoms with van der Waals surface area (Å²) in [5, 5.41) is 4.96. The molecule has 0 N–H and O–H groups in total. The van der Waals surface area contributed by atoms with Crippen LogP contribution in [0.25, 0.3) is 15.3 Å². The molecule has 0 unspecified atom stereocenters. The van der Waals surface area contributed by atoms with Crippen molar-refractivity contribution in [3.8, 4) is 5.13 Å². The second kappa shape index (κ2) is 7.09. The number of hydrogen-bond acceptors (Lipinski definition) is 4. The molecule has 0 spiro atoms. The first-order valence-corrected chi connectivity index (χ1v) is 9.31. The van der Waals surface area contributed by atoms with Crippen LogP contribution in [0, 0.1) is 5.82 Å². The molecule has 2 heterocycles. The Balaban J connectivity index is 1.55. The second-order valence-electron chi connectivity index (χ2n) is 6.01. The molecule has 27 heavy (non-hydrogen) atoms. The number of rotatable bonds is 4. The summed E-state index contributed by atoms with van der Waals surface area (Å²) in [5.41, 5.74) is 1.64. The van der Waals surface area contributed by atoms with E-state index in [1.54, 1.807) is 30.1 Å². The van der Waals surface area contributed by atoms with E-state index in [1.165, 1.54) is 28.5 Å². The largest absolute Gasteiger partial charge is 0.337 e. The van der Waals surface area contributed by atoms with Crippen molar-refractivity contribution in [1.82, 2.24) is 19.7 Å². The molecular formula is C19H14ClFN4OS. The number of aromatic nitrogens is 3. The van der Waals surface area contributed by atoms with Gasteiger partial charge in [-0.25, -0.2) is 14.1 Å². The van der Waals surface area contributed by atoms with Crippen molar-refractivity contribution in [3.05, 3.63) is 76.8 Å². The van der Waals surface area contributed by atoms with Crippen LogP contribution in [0.4, 0.5) is 4.39 Å². The fourth-order valence-corrected chi connectivity index (χ4v) is 3.81. The zero-order chi connectivity index (χ0) is 19.0. The standard InChI is InChI=1S/C19H14ClFN4OS/c1-24(10-12-5-4-6-14(20)17(12)21)18(26)13-9-22-25(11-13)19-23-15-7-2-3-8-16(15)27-19/h2-9,11H,10H2,1H3. The van der Waals surface area contributed by atoms with Gasteiger partial charge in [-0.05, 0) is 18.2 Å². The summed E-state index contributed by atoms with van der Waals surface area (Å²) < 4.78 is 16.7. The molecular weight excluding hydrogens is 387 g/mol. The third kappa shape index (κ3) is 3.43. The van der Waals surface area contributed by atoms with Gasteiger partial charge in [0.25, 0.3) is 5.91 Å². The maximum Gasteiger partial charge on any atom is 0.257 e. The van der Waals surface area contributed by atoms with E-state index in [4.69, 9.17) is 11.6 Å². The maximum absolute atomic E-state index is 14.1. The quantitative estimate of drug-likeness (QED) is 0.505. The lowest BCUT2D eigenvalue weighted by Gasteiger charge is -2.17. The first-order chi connectivity index (χ1) is 13.0. The lowest BCUT2D eigenvalue weighted by atomic mass is 10.2. The van der Waals surface area contributed by atoms with E-state index in [9.17, 15) is 9.18 Å². The number of fused-ring (bicyclic) bond motifs is 1. The first-order valence-electron chi connectivity index (χ1n) is 8.12. The van der Waals surface area contributed by atoms with Crippen LogP contribution in [0.2, 0.25) is 5.02 Å². The molecule has 1 amide bonds. The predicted octanol–water partition coefficient (Wildman–Crippen LogP) is 4.55. The number of nitrogens with zero attached hydrogens (tertiary/aromatic N) is 4. The number of carbonyl (C=O) groups excluding carboxylic acids is 1. The van der Waals surface area contributed by atoms with Gasteiger partial charge in [-0.1, -0.05) is 47.2 Å². The van der Waals surface area contributed by atoms with E-state index in [0.717, 1.165) is 10.2 Å². The Morgan fingerprint density at radius 1 is 1.26 bits per heavy atom. The third-order valence-electron chi connectivity index (χ3n) is 4.09. The van der Waals surface area contributed by atoms with Gasteiger partial charge < -0.3 is 4.90 Å². The van der Waals surface area contributed by atoms with Crippen molar-refractivity contribution in [2.45, 2.75) is 6.54 Å². The monoisotopic (exact) mass is 400 g/mol. The minimum Gasteiger partial charge on any atom is -0.337 e. The molecule has 8 heteroatoms. The van der Waals surface area contributed by atoms with Gasteiger partial charge in [-0.3, -0.25) is 4.79 Å². The summed E-state index contributed by atoms with van der Waals surface area (Å²) in [7, 11) is 1.61. The van der Waals surface area contributed by atoms with E-state index in [2.05, 4.69) is 10.1 Å². The predicted molar refractivity (Wildman–Crippen MR) is 104 cm³/mol. The Morgan fingerprint density at radius 3 is 2.89 bits per heavy atom. The molecule has 0 saturated heterocycles. The molecule has 2 aromatic heterocycles. The summed E-state index contributed by atoms with van der Waals surface area (Å²) in [6, 6.07) is 12.5. The molecule has 0 radical (unpaired) electrons. The van der Waals surface area contributed by atoms with Crippen molar-refractivity contribution >= 4 is 39.1 Å². The summed E-state index contributed by atoms with van der Waals surface area (Å²) in [5.74, 6) is -0.772. The van der Waals surface area contributed by atoms with Crippen LogP contribution < -0.4 is 0 Å². The number of benzene rings is 2. The van der Waals surface area contributed by atoms with Gasteiger partial charge in [0.15, 0.2) is 0 Å². The number of amides is 1. The van der Waals surface area contributed by atoms with Crippen molar-refractivity contribution in [1.29, 1.82) is 0 Å². The number of thiazole rings is 1. The molecule has 0 atom stereocenters. The molecule has 2 aromatic carbocycles. The van der Waals surface area contributed by atoms with Crippen molar-refractivity contribution in [2.24, 2.45) is 0 Å². The average Bonchev–Trinajstić information content (AvgIpc) is 3.31. The minimum atomic E-state index is -0.510. The van der Waals surface area contributed by atoms with Crippen LogP contribution in [0.1, 0.15) is 15.9 Å². The first kappa shape index (κ1) is 17.6. The van der Waals surface area contributed by atoms with Crippen molar-refractivity contribution in [3.63, 3.8) is 0 Å². The summed E-state index contributed by atoms with van der Waals surface area (Å²) in [4.78, 5) is 18.6. The zero-order valence-corrected chi connectivity index (χ0v) is 15.8. The van der Waals surface area contributed by atoms with E-state index < -0.39 is 5.82 Å². The molecule has 4 aromatic rings. The summed E-state index contributed by atoms with van der Waals surface area (Å²) in [6.07, 6.45) is 3.12. The summed E-state index contributed by atoms with van der Waals surface area (Å²) in [6.45, 7) is 0.109. The van der Waals surface area contributed by atoms with E-state index in [0.29, 0.717) is 16.3 Å². The van der Waals surface area contributed by atoms with Crippen LogP contribution in [0.5, 0.6) is 0 Å². The molecule has 0 bridgehead atoms. The van der Waals surface area contributed by atoms with Gasteiger partial charge in [0, 0.05) is 25.4 Å². The maximum atomic E-state index is 14.1. The molecule has 0 aliphatic rings. The molecule has 4 rings (SSSR count). The molecule has 5 nitrogen and oxygen atoms in total. The Morgan fingerprint density at radius 2 is 2.07 bits per heavy atom. The fourth-order valence-electron chi connectivity index (χ4n) is 2.71. The highest BCUT2D eigenvalue weighted by atomic mass is 35.5. The zero-order valence-electron chi connectivity index (χ0n) is 14.3. The molecule has 0 fully saturated rings. The smallest absolute Gasteiger partial charge is 0.257 e. The van der Waals surface area contributed by atoms with Crippen molar-refractivity contribution in [2.75, 3.05) is 7.05 Å². The average molecular weight is 401 g/mol. The Bertz CT molecular complexity index is 1110. The van der Waals surface area contributed by atoms with Gasteiger partial charge in [0.1, 0.15) is 5.82 Å². The Hall–Kier alpha value is -2.77. The molecule has 0 saturated carbocycles. The van der Waals surface area contributed by atoms with Crippen LogP contribution >= 0.6 is 22.9 Å². The molecule has 0 aliphatic carbocycles. The SMILES string of the molecule is CN(Cc1cccc(Cl)c1F)C(=O)c1cnn(-c2nc3ccccc3s2)c1. The van der Waals surface area contributed by atoms with Crippen LogP contribution in [-0.2, 0) is 6.54 Å². The van der Waals surface area contributed by atoms with Gasteiger partial charge in [0.2, 0.25) is 5.13 Å². The molecule has 0 aliphatic heterocycles. The van der Waals surface area contributed by atoms with Crippen molar-refractivity contribution < 1.29 is 9.18 Å². The van der Waals surface area contributed by atoms with Gasteiger partial charge in [-0.15, -0.1) is 0 Å². The minimum absolute atomic E-state index is 0.0389. The topological polar surface area (TPSA) is 51.0 Å². The van der Waals surface area contributed by atoms with Crippen LogP contribution in [0.3, 0.4) is 0 Å². The highest BCUT2D eigenvalue weighted by Gasteiger charge is 2.17. The third-order valence-corrected chi connectivity index (χ3v) is 5.41. The lowest BCUT2D eigenvalue weighted by molar-refractivity contribution is 0.0784. The van der Waals surface area contributed by atoms with E-state index >= 15 is 0 Å². The van der Waals surface area contributed by atoms with E-state index in [1.807, 2.05) is 24.3 Å². The summed E-state index contributed by atoms with van der Waals surface area (Å²) >= 11 is 7.29. The van der Waals surface area contributed by atoms with Gasteiger partial charge in [0.05, 0.1) is 27.0 Å².